The maximum atomic E-state index is 12.7. The number of benzene rings is 1. The fourth-order valence-electron chi connectivity index (χ4n) is 4.43. The lowest BCUT2D eigenvalue weighted by molar-refractivity contribution is -0.136. The first-order valence-corrected chi connectivity index (χ1v) is 10.4. The van der Waals surface area contributed by atoms with Crippen molar-refractivity contribution in [2.45, 2.75) is 82.6 Å². The summed E-state index contributed by atoms with van der Waals surface area (Å²) in [4.78, 5) is 14.5. The van der Waals surface area contributed by atoms with Gasteiger partial charge in [0.15, 0.2) is 0 Å². The number of rotatable bonds is 8. The van der Waals surface area contributed by atoms with Gasteiger partial charge in [-0.25, -0.2) is 4.79 Å². The van der Waals surface area contributed by atoms with E-state index in [9.17, 15) is 9.90 Å². The minimum Gasteiger partial charge on any atom is -0.445 e. The van der Waals surface area contributed by atoms with E-state index < -0.39 is 5.60 Å². The summed E-state index contributed by atoms with van der Waals surface area (Å²) in [5.41, 5.74) is 0.300. The van der Waals surface area contributed by atoms with Gasteiger partial charge >= 0.3 is 6.09 Å². The molecule has 27 heavy (non-hydrogen) atoms. The van der Waals surface area contributed by atoms with Crippen molar-refractivity contribution in [1.82, 2.24) is 4.90 Å². The Labute approximate surface area is 162 Å². The molecule has 2 bridgehead atoms. The predicted molar refractivity (Wildman–Crippen MR) is 104 cm³/mol. The second kappa shape index (κ2) is 9.56. The third kappa shape index (κ3) is 5.45. The lowest BCUT2D eigenvalue weighted by Gasteiger charge is -2.51. The van der Waals surface area contributed by atoms with Gasteiger partial charge in [0, 0.05) is 0 Å². The smallest absolute Gasteiger partial charge is 0.410 e. The molecule has 0 spiro atoms. The van der Waals surface area contributed by atoms with E-state index in [1.54, 1.807) is 0 Å². The van der Waals surface area contributed by atoms with Crippen LogP contribution in [0.2, 0.25) is 0 Å². The zero-order valence-electron chi connectivity index (χ0n) is 16.4. The van der Waals surface area contributed by atoms with Gasteiger partial charge in [0.2, 0.25) is 0 Å². The van der Waals surface area contributed by atoms with Gasteiger partial charge in [-0.1, -0.05) is 69.4 Å². The largest absolute Gasteiger partial charge is 0.445 e. The molecule has 0 aromatic heterocycles. The van der Waals surface area contributed by atoms with E-state index in [4.69, 9.17) is 9.47 Å². The molecule has 5 nitrogen and oxygen atoms in total. The van der Waals surface area contributed by atoms with Crippen LogP contribution < -0.4 is 0 Å². The van der Waals surface area contributed by atoms with Crippen molar-refractivity contribution in [3.63, 3.8) is 0 Å². The zero-order valence-corrected chi connectivity index (χ0v) is 16.4. The van der Waals surface area contributed by atoms with Crippen molar-refractivity contribution >= 4 is 6.09 Å². The van der Waals surface area contributed by atoms with E-state index in [1.165, 1.54) is 25.7 Å². The summed E-state index contributed by atoms with van der Waals surface area (Å²) in [6.45, 7) is 3.45. The Balaban J connectivity index is 1.53. The molecule has 1 aromatic carbocycles. The Hall–Kier alpha value is -1.59. The number of hydrogen-bond acceptors (Lipinski definition) is 4. The number of carbonyl (C=O) groups excluding carboxylic acids is 1. The Morgan fingerprint density at radius 1 is 1.15 bits per heavy atom. The predicted octanol–water partition coefficient (Wildman–Crippen LogP) is 4.28. The number of carbonyl (C=O) groups is 1. The Kier molecular flexibility index (Phi) is 7.13. The Morgan fingerprint density at radius 3 is 2.48 bits per heavy atom. The summed E-state index contributed by atoms with van der Waals surface area (Å²) in [6.07, 6.45) is 7.64. The van der Waals surface area contributed by atoms with Crippen LogP contribution in [0.5, 0.6) is 0 Å². The number of hydrogen-bond donors (Lipinski definition) is 1. The number of amides is 1. The van der Waals surface area contributed by atoms with Gasteiger partial charge < -0.3 is 14.6 Å². The molecule has 3 rings (SSSR count). The second-order valence-electron chi connectivity index (χ2n) is 8.09. The molecule has 2 aliphatic rings. The Bertz CT molecular complexity index is 577. The van der Waals surface area contributed by atoms with E-state index in [0.717, 1.165) is 18.4 Å². The molecule has 0 aliphatic carbocycles. The molecule has 1 amide bonds. The highest BCUT2D eigenvalue weighted by Gasteiger charge is 2.48. The van der Waals surface area contributed by atoms with Gasteiger partial charge in [-0.15, -0.1) is 0 Å². The van der Waals surface area contributed by atoms with Gasteiger partial charge in [-0.2, -0.15) is 0 Å². The lowest BCUT2D eigenvalue weighted by Crippen LogP contribution is -2.63. The van der Waals surface area contributed by atoms with Crippen molar-refractivity contribution in [1.29, 1.82) is 0 Å². The highest BCUT2D eigenvalue weighted by atomic mass is 16.6. The van der Waals surface area contributed by atoms with Crippen LogP contribution in [0.4, 0.5) is 4.79 Å². The van der Waals surface area contributed by atoms with Crippen molar-refractivity contribution in [2.24, 2.45) is 0 Å². The van der Waals surface area contributed by atoms with Gasteiger partial charge in [-0.3, -0.25) is 4.90 Å². The van der Waals surface area contributed by atoms with E-state index in [1.807, 2.05) is 35.2 Å². The zero-order chi connectivity index (χ0) is 19.1. The molecule has 2 saturated heterocycles. The first-order valence-electron chi connectivity index (χ1n) is 10.4. The fourth-order valence-corrected chi connectivity index (χ4v) is 4.43. The van der Waals surface area contributed by atoms with Crippen molar-refractivity contribution in [2.75, 3.05) is 13.2 Å². The SMILES string of the molecule is CCCCCCCC1(O)CC2COCC(C1)N2C(=O)OCc1ccccc1. The van der Waals surface area contributed by atoms with Crippen LogP contribution in [0.3, 0.4) is 0 Å². The summed E-state index contributed by atoms with van der Waals surface area (Å²) < 4.78 is 11.2. The normalized spacial score (nSPS) is 27.4. The highest BCUT2D eigenvalue weighted by Crippen LogP contribution is 2.38. The van der Waals surface area contributed by atoms with Crippen molar-refractivity contribution < 1.29 is 19.4 Å². The summed E-state index contributed by atoms with van der Waals surface area (Å²) in [6, 6.07) is 9.53. The number of ether oxygens (including phenoxy) is 2. The maximum absolute atomic E-state index is 12.7. The van der Waals surface area contributed by atoms with Crippen LogP contribution >= 0.6 is 0 Å². The first kappa shape index (κ1) is 20.2. The van der Waals surface area contributed by atoms with Gasteiger partial charge in [0.25, 0.3) is 0 Å². The number of unbranched alkanes of at least 4 members (excludes halogenated alkanes) is 4. The Morgan fingerprint density at radius 2 is 1.81 bits per heavy atom. The molecule has 2 fully saturated rings. The van der Waals surface area contributed by atoms with Crippen LogP contribution in [-0.4, -0.2) is 47.0 Å². The molecule has 2 atom stereocenters. The summed E-state index contributed by atoms with van der Waals surface area (Å²) >= 11 is 0. The van der Waals surface area contributed by atoms with Crippen LogP contribution in [0, 0.1) is 0 Å². The minimum atomic E-state index is -0.679. The van der Waals surface area contributed by atoms with Crippen molar-refractivity contribution in [3.05, 3.63) is 35.9 Å². The van der Waals surface area contributed by atoms with Crippen LogP contribution in [0.1, 0.15) is 63.9 Å². The molecule has 1 N–H and O–H groups in total. The molecule has 2 aliphatic heterocycles. The lowest BCUT2D eigenvalue weighted by atomic mass is 9.78. The summed E-state index contributed by atoms with van der Waals surface area (Å²) in [5.74, 6) is 0. The molecule has 2 unspecified atom stereocenters. The number of aliphatic hydroxyl groups is 1. The van der Waals surface area contributed by atoms with Crippen LogP contribution in [0.15, 0.2) is 30.3 Å². The van der Waals surface area contributed by atoms with E-state index in [2.05, 4.69) is 6.92 Å². The van der Waals surface area contributed by atoms with E-state index in [0.29, 0.717) is 26.1 Å². The highest BCUT2D eigenvalue weighted by molar-refractivity contribution is 5.69. The molecule has 0 radical (unpaired) electrons. The monoisotopic (exact) mass is 375 g/mol. The number of piperidine rings is 1. The third-order valence-corrected chi connectivity index (χ3v) is 5.80. The summed E-state index contributed by atoms with van der Waals surface area (Å²) in [5, 5.41) is 11.1. The second-order valence-corrected chi connectivity index (χ2v) is 8.09. The molecular formula is C22H33NO4. The minimum absolute atomic E-state index is 0.0959. The van der Waals surface area contributed by atoms with Gasteiger partial charge in [0.05, 0.1) is 30.9 Å². The van der Waals surface area contributed by atoms with E-state index in [-0.39, 0.29) is 24.8 Å². The molecule has 150 valence electrons. The summed E-state index contributed by atoms with van der Waals surface area (Å²) in [7, 11) is 0. The topological polar surface area (TPSA) is 59.0 Å². The quantitative estimate of drug-likeness (QED) is 0.689. The van der Waals surface area contributed by atoms with Gasteiger partial charge in [0.1, 0.15) is 6.61 Å². The molecule has 1 aromatic rings. The van der Waals surface area contributed by atoms with Crippen molar-refractivity contribution in [3.8, 4) is 0 Å². The van der Waals surface area contributed by atoms with E-state index >= 15 is 0 Å². The number of morpholine rings is 1. The molecule has 2 heterocycles. The number of nitrogens with zero attached hydrogens (tertiary/aromatic N) is 1. The first-order chi connectivity index (χ1) is 13.1. The van der Waals surface area contributed by atoms with Crippen LogP contribution in [-0.2, 0) is 16.1 Å². The van der Waals surface area contributed by atoms with Gasteiger partial charge in [-0.05, 0) is 24.8 Å². The number of fused-ring (bicyclic) bond motifs is 2. The van der Waals surface area contributed by atoms with Crippen LogP contribution in [0.25, 0.3) is 0 Å². The average molecular weight is 376 g/mol. The maximum Gasteiger partial charge on any atom is 0.410 e. The average Bonchev–Trinajstić information content (AvgIpc) is 2.66. The molecule has 0 saturated carbocycles. The fraction of sp³-hybridized carbons (Fsp3) is 0.682. The molecular weight excluding hydrogens is 342 g/mol. The molecule has 5 heteroatoms. The standard InChI is InChI=1S/C22H33NO4/c1-2-3-4-5-9-12-22(25)13-19-16-26-17-20(14-22)23(19)21(24)27-15-18-10-7-6-8-11-18/h6-8,10-11,19-20,25H,2-5,9,12-17H2,1H3. The third-order valence-electron chi connectivity index (χ3n) is 5.80.